The lowest BCUT2D eigenvalue weighted by atomic mass is 9.76. The van der Waals surface area contributed by atoms with Crippen molar-refractivity contribution in [3.63, 3.8) is 0 Å². The van der Waals surface area contributed by atoms with Crippen molar-refractivity contribution in [2.45, 2.75) is 75.7 Å². The SMILES string of the molecule is COC1CC([C@@H]2c3ccc(Cl)cc3CCc3cc(Br)cnc32)CCN1C(=O)c1ccccc1.COC1CC([C@@H]2c3ccc(Cl)cc3CCc3cc(Br)cnc32)CCN1C(=O)c1ccccc1. The van der Waals surface area contributed by atoms with Crippen molar-refractivity contribution in [2.24, 2.45) is 11.8 Å². The number of hydrogen-bond donors (Lipinski definition) is 0. The summed E-state index contributed by atoms with van der Waals surface area (Å²) < 4.78 is 13.7. The van der Waals surface area contributed by atoms with Crippen LogP contribution in [0.15, 0.2) is 131 Å². The fourth-order valence-corrected chi connectivity index (χ4v) is 12.0. The Hall–Kier alpha value is -4.42. The number of fused-ring (bicyclic) bond motifs is 4. The molecule has 6 atom stereocenters. The second kappa shape index (κ2) is 20.8. The molecule has 2 amide bonds. The number of benzene rings is 4. The van der Waals surface area contributed by atoms with Gasteiger partial charge in [-0.3, -0.25) is 19.6 Å². The molecule has 8 nitrogen and oxygen atoms in total. The van der Waals surface area contributed by atoms with E-state index in [2.05, 4.69) is 68.3 Å². The summed E-state index contributed by atoms with van der Waals surface area (Å²) >= 11 is 19.9. The highest BCUT2D eigenvalue weighted by Crippen LogP contribution is 2.46. The van der Waals surface area contributed by atoms with Crippen molar-refractivity contribution in [3.05, 3.63) is 196 Å². The Bertz CT molecular complexity index is 2420. The van der Waals surface area contributed by atoms with Crippen LogP contribution >= 0.6 is 55.1 Å². The van der Waals surface area contributed by atoms with E-state index in [0.29, 0.717) is 36.1 Å². The third-order valence-corrected chi connectivity index (χ3v) is 15.3. The standard InChI is InChI=1S/2C27H26BrClN2O2/c2*1-33-24-15-19(11-12-31(24)27(32)17-5-3-2-4-6-17)25-23-10-9-22(29)14-18(23)7-8-20-13-21(28)16-30-26(20)25/h2*2-6,9-10,13-14,16,19,24-25H,7-8,11-12,15H2,1H3/t2*19?,24?,25-/m11/s1. The second-order valence-electron chi connectivity index (χ2n) is 17.7. The first-order valence-electron chi connectivity index (χ1n) is 22.7. The number of hydrogen-bond acceptors (Lipinski definition) is 6. The van der Waals surface area contributed by atoms with Crippen molar-refractivity contribution in [1.82, 2.24) is 19.8 Å². The Morgan fingerprint density at radius 1 is 0.561 bits per heavy atom. The summed E-state index contributed by atoms with van der Waals surface area (Å²) in [4.78, 5) is 40.0. The topological polar surface area (TPSA) is 84.9 Å². The predicted octanol–water partition coefficient (Wildman–Crippen LogP) is 12.5. The maximum absolute atomic E-state index is 13.2. The lowest BCUT2D eigenvalue weighted by Gasteiger charge is -2.41. The molecule has 4 unspecified atom stereocenters. The van der Waals surface area contributed by atoms with Gasteiger partial charge in [0, 0.05) is 81.7 Å². The fourth-order valence-electron chi connectivity index (χ4n) is 10.8. The number of ether oxygens (including phenoxy) is 2. The number of carbonyl (C=O) groups excluding carboxylic acids is 2. The first-order valence-corrected chi connectivity index (χ1v) is 25.1. The average molecular weight is 1050 g/mol. The van der Waals surface area contributed by atoms with Crippen molar-refractivity contribution in [2.75, 3.05) is 27.3 Å². The fraction of sp³-hybridized carbons (Fsp3) is 0.333. The maximum Gasteiger partial charge on any atom is 0.255 e. The molecule has 10 rings (SSSR count). The Labute approximate surface area is 414 Å². The zero-order valence-corrected chi connectivity index (χ0v) is 41.7. The van der Waals surface area contributed by atoms with Crippen LogP contribution in [-0.2, 0) is 35.2 Å². The summed E-state index contributed by atoms with van der Waals surface area (Å²) in [7, 11) is 3.39. The Balaban J connectivity index is 0.000000166. The molecule has 4 aliphatic rings. The van der Waals surface area contributed by atoms with Gasteiger partial charge in [-0.2, -0.15) is 0 Å². The van der Waals surface area contributed by atoms with Gasteiger partial charge in [-0.1, -0.05) is 71.7 Å². The number of amides is 2. The van der Waals surface area contributed by atoms with Crippen LogP contribution in [0.4, 0.5) is 0 Å². The number of halogens is 4. The third-order valence-electron chi connectivity index (χ3n) is 14.0. The Kier molecular flexibility index (Phi) is 14.7. The number of methoxy groups -OCH3 is 2. The van der Waals surface area contributed by atoms with Crippen molar-refractivity contribution in [1.29, 1.82) is 0 Å². The average Bonchev–Trinajstić information content (AvgIpc) is 3.60. The van der Waals surface area contributed by atoms with Crippen LogP contribution in [0.5, 0.6) is 0 Å². The second-order valence-corrected chi connectivity index (χ2v) is 20.4. The summed E-state index contributed by atoms with van der Waals surface area (Å²) in [5, 5.41) is 1.54. The first-order chi connectivity index (χ1) is 32.1. The van der Waals surface area contributed by atoms with E-state index >= 15 is 0 Å². The highest BCUT2D eigenvalue weighted by Gasteiger charge is 2.41. The summed E-state index contributed by atoms with van der Waals surface area (Å²) in [6, 6.07) is 35.8. The van der Waals surface area contributed by atoms with Crippen molar-refractivity contribution < 1.29 is 19.1 Å². The number of piperidine rings is 2. The minimum atomic E-state index is -0.269. The van der Waals surface area contributed by atoms with Gasteiger partial charge < -0.3 is 19.3 Å². The highest BCUT2D eigenvalue weighted by molar-refractivity contribution is 9.10. The van der Waals surface area contributed by atoms with Crippen molar-refractivity contribution >= 4 is 66.9 Å². The molecular formula is C54H52Br2Cl2N4O4. The number of pyridine rings is 2. The molecule has 0 bridgehead atoms. The van der Waals surface area contributed by atoms with Crippen LogP contribution in [-0.4, -0.2) is 71.3 Å². The molecule has 340 valence electrons. The number of likely N-dealkylation sites (tertiary alicyclic amines) is 2. The molecule has 4 aromatic carbocycles. The summed E-state index contributed by atoms with van der Waals surface area (Å²) in [5.41, 5.74) is 11.4. The summed E-state index contributed by atoms with van der Waals surface area (Å²) in [6.45, 7) is 1.31. The van der Waals surface area contributed by atoms with Gasteiger partial charge in [0.2, 0.25) is 0 Å². The van der Waals surface area contributed by atoms with Gasteiger partial charge in [0.1, 0.15) is 12.5 Å². The van der Waals surface area contributed by atoms with E-state index in [4.69, 9.17) is 42.6 Å². The zero-order chi connectivity index (χ0) is 45.9. The molecule has 2 fully saturated rings. The molecule has 0 spiro atoms. The molecule has 0 saturated carbocycles. The van der Waals surface area contributed by atoms with Gasteiger partial charge in [0.05, 0.1) is 11.4 Å². The normalized spacial score (nSPS) is 22.3. The molecular weight excluding hydrogens is 999 g/mol. The summed E-state index contributed by atoms with van der Waals surface area (Å²) in [6.07, 6.45) is 10.3. The molecule has 12 heteroatoms. The van der Waals surface area contributed by atoms with Gasteiger partial charge in [-0.15, -0.1) is 0 Å². The quantitative estimate of drug-likeness (QED) is 0.165. The molecule has 2 aromatic heterocycles. The third kappa shape index (κ3) is 9.92. The van der Waals surface area contributed by atoms with E-state index in [0.717, 1.165) is 81.7 Å². The lowest BCUT2D eigenvalue weighted by Crippen LogP contribution is -2.48. The van der Waals surface area contributed by atoms with Crippen LogP contribution in [0.2, 0.25) is 10.0 Å². The monoisotopic (exact) mass is 1050 g/mol. The van der Waals surface area contributed by atoms with Crippen LogP contribution in [0, 0.1) is 11.8 Å². The molecule has 0 radical (unpaired) electrons. The predicted molar refractivity (Wildman–Crippen MR) is 267 cm³/mol. The molecule has 2 saturated heterocycles. The van der Waals surface area contributed by atoms with Gasteiger partial charge in [-0.25, -0.2) is 0 Å². The van der Waals surface area contributed by atoms with E-state index in [-0.39, 0.29) is 36.1 Å². The van der Waals surface area contributed by atoms with E-state index < -0.39 is 0 Å². The molecule has 66 heavy (non-hydrogen) atoms. The van der Waals surface area contributed by atoms with Crippen LogP contribution < -0.4 is 0 Å². The lowest BCUT2D eigenvalue weighted by molar-refractivity contribution is -0.0564. The number of aryl methyl sites for hydroxylation is 4. The zero-order valence-electron chi connectivity index (χ0n) is 37.0. The summed E-state index contributed by atoms with van der Waals surface area (Å²) in [5.74, 6) is 0.956. The minimum absolute atomic E-state index is 0.0244. The van der Waals surface area contributed by atoms with Gasteiger partial charge >= 0.3 is 0 Å². The molecule has 6 aromatic rings. The molecule has 4 heterocycles. The van der Waals surface area contributed by atoms with Crippen LogP contribution in [0.25, 0.3) is 0 Å². The highest BCUT2D eigenvalue weighted by atomic mass is 79.9. The van der Waals surface area contributed by atoms with Gasteiger partial charge in [-0.05, 0) is 189 Å². The number of nitrogens with zero attached hydrogens (tertiary/aromatic N) is 4. The smallest absolute Gasteiger partial charge is 0.255 e. The van der Waals surface area contributed by atoms with Gasteiger partial charge in [0.15, 0.2) is 0 Å². The van der Waals surface area contributed by atoms with E-state index in [1.807, 2.05) is 95.0 Å². The number of rotatable bonds is 6. The Morgan fingerprint density at radius 3 is 1.35 bits per heavy atom. The van der Waals surface area contributed by atoms with Crippen LogP contribution in [0.1, 0.15) is 103 Å². The van der Waals surface area contributed by atoms with E-state index in [9.17, 15) is 9.59 Å². The first kappa shape index (κ1) is 46.7. The maximum atomic E-state index is 13.2. The number of aromatic nitrogens is 2. The molecule has 2 aliphatic heterocycles. The van der Waals surface area contributed by atoms with E-state index in [1.165, 1.54) is 33.4 Å². The van der Waals surface area contributed by atoms with Crippen LogP contribution in [0.3, 0.4) is 0 Å². The van der Waals surface area contributed by atoms with Gasteiger partial charge in [0.25, 0.3) is 11.8 Å². The molecule has 0 N–H and O–H groups in total. The Morgan fingerprint density at radius 2 is 0.955 bits per heavy atom. The largest absolute Gasteiger partial charge is 0.362 e. The van der Waals surface area contributed by atoms with E-state index in [1.54, 1.807) is 14.2 Å². The minimum Gasteiger partial charge on any atom is -0.362 e. The van der Waals surface area contributed by atoms with Crippen molar-refractivity contribution in [3.8, 4) is 0 Å². The number of carbonyl (C=O) groups is 2. The molecule has 2 aliphatic carbocycles.